The molecule has 6 heteroatoms. The van der Waals surface area contributed by atoms with Crippen LogP contribution in [0.1, 0.15) is 0 Å². The number of nitrogens with one attached hydrogen (secondary N) is 2. The Hall–Kier alpha value is -0.130. The van der Waals surface area contributed by atoms with Gasteiger partial charge in [0, 0.05) is 43.9 Å². The summed E-state index contributed by atoms with van der Waals surface area (Å²) in [5, 5.41) is 0. The van der Waals surface area contributed by atoms with Crippen LogP contribution in [0.5, 0.6) is 0 Å². The first-order valence-corrected chi connectivity index (χ1v) is 2.17. The first kappa shape index (κ1) is 9.87. The van der Waals surface area contributed by atoms with E-state index in [4.69, 9.17) is 0 Å². The summed E-state index contributed by atoms with van der Waals surface area (Å²) in [6, 6.07) is 0. The molecule has 1 rings (SSSR count). The van der Waals surface area contributed by atoms with Crippen molar-refractivity contribution < 1.29 is 4.39 Å². The third-order valence-corrected chi connectivity index (χ3v) is 0.774. The summed E-state index contributed by atoms with van der Waals surface area (Å²) in [5.41, 5.74) is -1.71. The topological polar surface area (TPSA) is 65.7 Å². The van der Waals surface area contributed by atoms with E-state index in [1.807, 2.05) is 4.98 Å². The fourth-order valence-electron chi connectivity index (χ4n) is 0.393. The van der Waals surface area contributed by atoms with Gasteiger partial charge in [-0.3, -0.25) is 9.78 Å². The maximum absolute atomic E-state index is 12.0. The van der Waals surface area contributed by atoms with Crippen LogP contribution in [-0.4, -0.2) is 47.7 Å². The Morgan fingerprint density at radius 3 is 2.40 bits per heavy atom. The Morgan fingerprint density at radius 1 is 1.40 bits per heavy atom. The van der Waals surface area contributed by atoms with Gasteiger partial charge in [0.15, 0.2) is 0 Å². The fraction of sp³-hybridized carbons (Fsp3) is 0. The molecule has 0 unspecified atom stereocenters. The Morgan fingerprint density at radius 2 is 2.00 bits per heavy atom. The van der Waals surface area contributed by atoms with E-state index in [1.54, 1.807) is 4.98 Å². The van der Waals surface area contributed by atoms with Crippen LogP contribution in [0.15, 0.2) is 15.8 Å². The monoisotopic (exact) mass is 170 g/mol. The van der Waals surface area contributed by atoms with E-state index in [0.29, 0.717) is 6.20 Å². The van der Waals surface area contributed by atoms with Gasteiger partial charge < -0.3 is 4.98 Å². The van der Waals surface area contributed by atoms with E-state index >= 15 is 0 Å². The minimum Gasteiger partial charge on any atom is -0.311 e. The molecular formula is C4H3CaFN2O2. The summed E-state index contributed by atoms with van der Waals surface area (Å²) in [7, 11) is 0. The maximum atomic E-state index is 12.0. The standard InChI is InChI=1S/C4H3FN2O2.Ca/c5-2-1-6-4(9)7-3(2)8;/h1H,(H2,6,7,8,9);. The SMILES string of the molecule is O=c1[nH]cc(F)c(=O)[nH]1.[Ca]. The van der Waals surface area contributed by atoms with Gasteiger partial charge in [0.25, 0.3) is 5.56 Å². The molecule has 4 nitrogen and oxygen atoms in total. The molecule has 0 amide bonds. The average Bonchev–Trinajstić information content (AvgIpc) is 1.80. The molecule has 0 saturated carbocycles. The zero-order chi connectivity index (χ0) is 6.85. The molecule has 0 aliphatic heterocycles. The van der Waals surface area contributed by atoms with Gasteiger partial charge in [-0.2, -0.15) is 4.39 Å². The van der Waals surface area contributed by atoms with Gasteiger partial charge in [0.1, 0.15) is 0 Å². The van der Waals surface area contributed by atoms with Gasteiger partial charge in [0.2, 0.25) is 5.82 Å². The first-order chi connectivity index (χ1) is 4.20. The molecular weight excluding hydrogens is 167 g/mol. The van der Waals surface area contributed by atoms with Crippen LogP contribution in [-0.2, 0) is 0 Å². The summed E-state index contributed by atoms with van der Waals surface area (Å²) in [4.78, 5) is 24.0. The molecule has 0 spiro atoms. The van der Waals surface area contributed by atoms with E-state index in [2.05, 4.69) is 0 Å². The van der Waals surface area contributed by atoms with Gasteiger partial charge >= 0.3 is 5.69 Å². The second-order valence-electron chi connectivity index (χ2n) is 1.42. The van der Waals surface area contributed by atoms with Crippen molar-refractivity contribution >= 4 is 37.7 Å². The molecule has 10 heavy (non-hydrogen) atoms. The van der Waals surface area contributed by atoms with E-state index in [-0.39, 0.29) is 37.7 Å². The van der Waals surface area contributed by atoms with Gasteiger partial charge in [0.05, 0.1) is 0 Å². The largest absolute Gasteiger partial charge is 0.325 e. The van der Waals surface area contributed by atoms with Gasteiger partial charge in [-0.15, -0.1) is 0 Å². The number of rotatable bonds is 0. The number of hydrogen-bond acceptors (Lipinski definition) is 2. The molecule has 1 aromatic heterocycles. The quantitative estimate of drug-likeness (QED) is 0.481. The van der Waals surface area contributed by atoms with Crippen molar-refractivity contribution in [1.29, 1.82) is 0 Å². The van der Waals surface area contributed by atoms with Gasteiger partial charge in [-0.05, 0) is 0 Å². The predicted octanol–water partition coefficient (Wildman–Crippen LogP) is -1.18. The molecule has 1 heterocycles. The molecule has 0 bridgehead atoms. The third-order valence-electron chi connectivity index (χ3n) is 0.774. The van der Waals surface area contributed by atoms with E-state index in [0.717, 1.165) is 0 Å². The molecule has 0 fully saturated rings. The Labute approximate surface area is 84.5 Å². The summed E-state index contributed by atoms with van der Waals surface area (Å²) in [6.07, 6.45) is 0.709. The fourth-order valence-corrected chi connectivity index (χ4v) is 0.393. The molecule has 0 saturated heterocycles. The number of hydrogen-bond donors (Lipinski definition) is 2. The van der Waals surface area contributed by atoms with Crippen molar-refractivity contribution in [2.75, 3.05) is 0 Å². The van der Waals surface area contributed by atoms with Crippen molar-refractivity contribution in [3.8, 4) is 0 Å². The molecule has 0 aliphatic rings. The van der Waals surface area contributed by atoms with Crippen LogP contribution in [0.2, 0.25) is 0 Å². The minimum atomic E-state index is -1.00. The zero-order valence-corrected chi connectivity index (χ0v) is 7.19. The van der Waals surface area contributed by atoms with Crippen LogP contribution in [0.25, 0.3) is 0 Å². The van der Waals surface area contributed by atoms with Crippen molar-refractivity contribution in [2.24, 2.45) is 0 Å². The summed E-state index contributed by atoms with van der Waals surface area (Å²) in [6.45, 7) is 0. The molecule has 2 N–H and O–H groups in total. The van der Waals surface area contributed by atoms with Crippen LogP contribution in [0.3, 0.4) is 0 Å². The van der Waals surface area contributed by atoms with Crippen LogP contribution in [0.4, 0.5) is 4.39 Å². The summed E-state index contributed by atoms with van der Waals surface area (Å²) in [5.74, 6) is -0.991. The molecule has 0 aromatic carbocycles. The molecule has 2 radical (unpaired) electrons. The molecule has 50 valence electrons. The second kappa shape index (κ2) is 3.90. The third kappa shape index (κ3) is 2.24. The Balaban J connectivity index is 0.000000810. The summed E-state index contributed by atoms with van der Waals surface area (Å²) >= 11 is 0. The van der Waals surface area contributed by atoms with E-state index in [1.165, 1.54) is 0 Å². The van der Waals surface area contributed by atoms with E-state index in [9.17, 15) is 14.0 Å². The first-order valence-electron chi connectivity index (χ1n) is 2.17. The summed E-state index contributed by atoms with van der Waals surface area (Å²) < 4.78 is 12.0. The molecule has 0 aliphatic carbocycles. The maximum Gasteiger partial charge on any atom is 0.325 e. The molecule has 1 aromatic rings. The molecule has 0 atom stereocenters. The normalized spacial score (nSPS) is 8.50. The predicted molar refractivity (Wildman–Crippen MR) is 33.4 cm³/mol. The van der Waals surface area contributed by atoms with E-state index < -0.39 is 17.1 Å². The smallest absolute Gasteiger partial charge is 0.311 e. The minimum absolute atomic E-state index is 0. The zero-order valence-electron chi connectivity index (χ0n) is 4.98. The average molecular weight is 170 g/mol. The number of H-pyrrole nitrogens is 2. The van der Waals surface area contributed by atoms with Crippen molar-refractivity contribution in [3.05, 3.63) is 32.9 Å². The van der Waals surface area contributed by atoms with Crippen LogP contribution >= 0.6 is 0 Å². The van der Waals surface area contributed by atoms with Crippen LogP contribution in [0, 0.1) is 5.82 Å². The Bertz CT molecular complexity index is 318. The van der Waals surface area contributed by atoms with Gasteiger partial charge in [-0.25, -0.2) is 4.79 Å². The Kier molecular flexibility index (Phi) is 3.85. The second-order valence-corrected chi connectivity index (χ2v) is 1.42. The van der Waals surface area contributed by atoms with Crippen LogP contribution < -0.4 is 11.2 Å². The number of aromatic nitrogens is 2. The van der Waals surface area contributed by atoms with Crippen molar-refractivity contribution in [1.82, 2.24) is 9.97 Å². The van der Waals surface area contributed by atoms with Crippen molar-refractivity contribution in [2.45, 2.75) is 0 Å². The number of aromatic amines is 2. The van der Waals surface area contributed by atoms with Gasteiger partial charge in [-0.1, -0.05) is 0 Å². The van der Waals surface area contributed by atoms with Crippen molar-refractivity contribution in [3.63, 3.8) is 0 Å². The number of halogens is 1.